The molecule has 2 saturated heterocycles. The van der Waals surface area contributed by atoms with Crippen molar-refractivity contribution in [2.45, 2.75) is 12.8 Å². The second-order valence-electron chi connectivity index (χ2n) is 5.49. The summed E-state index contributed by atoms with van der Waals surface area (Å²) < 4.78 is 0. The molecule has 6 heteroatoms. The quantitative estimate of drug-likeness (QED) is 0.620. The largest absolute Gasteiger partial charge is 0.356 e. The number of likely N-dealkylation sites (N-methyl/N-ethyl adjacent to an activating group) is 1. The standard InChI is InChI=1S/C13H24N4O2/c1-16-5-7-17(8-6-16)4-2-3-14-13(19)11-9-12(18)15-10-11/h11H,2-10H2,1H3,(H,14,19)(H,15,18). The molecule has 0 aromatic carbocycles. The van der Waals surface area contributed by atoms with E-state index < -0.39 is 0 Å². The maximum atomic E-state index is 11.8. The molecule has 0 aliphatic carbocycles. The molecule has 1 unspecified atom stereocenters. The number of rotatable bonds is 5. The van der Waals surface area contributed by atoms with Crippen LogP contribution in [0.25, 0.3) is 0 Å². The van der Waals surface area contributed by atoms with Crippen molar-refractivity contribution in [3.63, 3.8) is 0 Å². The van der Waals surface area contributed by atoms with E-state index in [9.17, 15) is 9.59 Å². The fraction of sp³-hybridized carbons (Fsp3) is 0.846. The van der Waals surface area contributed by atoms with E-state index in [1.807, 2.05) is 0 Å². The lowest BCUT2D eigenvalue weighted by molar-refractivity contribution is -0.126. The van der Waals surface area contributed by atoms with Gasteiger partial charge in [-0.25, -0.2) is 0 Å². The van der Waals surface area contributed by atoms with E-state index in [0.717, 1.165) is 39.1 Å². The van der Waals surface area contributed by atoms with Crippen LogP contribution in [-0.2, 0) is 9.59 Å². The van der Waals surface area contributed by atoms with Crippen LogP contribution in [0, 0.1) is 5.92 Å². The molecule has 2 rings (SSSR count). The predicted molar refractivity (Wildman–Crippen MR) is 72.7 cm³/mol. The number of nitrogens with one attached hydrogen (secondary N) is 2. The Morgan fingerprint density at radius 2 is 2.11 bits per heavy atom. The van der Waals surface area contributed by atoms with Crippen molar-refractivity contribution >= 4 is 11.8 Å². The molecule has 2 fully saturated rings. The molecule has 2 amide bonds. The topological polar surface area (TPSA) is 64.7 Å². The lowest BCUT2D eigenvalue weighted by atomic mass is 10.1. The first-order valence-corrected chi connectivity index (χ1v) is 7.10. The smallest absolute Gasteiger partial charge is 0.225 e. The third-order valence-corrected chi connectivity index (χ3v) is 3.89. The highest BCUT2D eigenvalue weighted by atomic mass is 16.2. The van der Waals surface area contributed by atoms with E-state index in [0.29, 0.717) is 19.5 Å². The summed E-state index contributed by atoms with van der Waals surface area (Å²) in [7, 11) is 2.15. The number of piperazine rings is 1. The molecule has 108 valence electrons. The molecule has 0 bridgehead atoms. The Hall–Kier alpha value is -1.14. The van der Waals surface area contributed by atoms with Gasteiger partial charge in [-0.3, -0.25) is 9.59 Å². The first-order chi connectivity index (χ1) is 9.15. The van der Waals surface area contributed by atoms with Gasteiger partial charge in [0.25, 0.3) is 0 Å². The van der Waals surface area contributed by atoms with E-state index in [1.54, 1.807) is 0 Å². The Bertz CT molecular complexity index is 327. The minimum Gasteiger partial charge on any atom is -0.356 e. The highest BCUT2D eigenvalue weighted by molar-refractivity contribution is 5.89. The molecule has 2 aliphatic rings. The first kappa shape index (κ1) is 14.3. The zero-order valence-corrected chi connectivity index (χ0v) is 11.7. The Kier molecular flexibility index (Phi) is 5.15. The number of carbonyl (C=O) groups is 2. The minimum absolute atomic E-state index is 0.0109. The molecule has 2 heterocycles. The van der Waals surface area contributed by atoms with Crippen LogP contribution in [0.15, 0.2) is 0 Å². The van der Waals surface area contributed by atoms with Crippen molar-refractivity contribution in [3.05, 3.63) is 0 Å². The van der Waals surface area contributed by atoms with Crippen molar-refractivity contribution in [3.8, 4) is 0 Å². The molecule has 19 heavy (non-hydrogen) atoms. The summed E-state index contributed by atoms with van der Waals surface area (Å²) in [6.07, 6.45) is 1.31. The van der Waals surface area contributed by atoms with E-state index >= 15 is 0 Å². The Morgan fingerprint density at radius 3 is 2.74 bits per heavy atom. The summed E-state index contributed by atoms with van der Waals surface area (Å²) in [5, 5.41) is 5.61. The van der Waals surface area contributed by atoms with Crippen molar-refractivity contribution in [2.24, 2.45) is 5.92 Å². The fourth-order valence-electron chi connectivity index (χ4n) is 2.52. The SMILES string of the molecule is CN1CCN(CCCNC(=O)C2CNC(=O)C2)CC1. The van der Waals surface area contributed by atoms with Crippen LogP contribution in [0.4, 0.5) is 0 Å². The lowest BCUT2D eigenvalue weighted by Gasteiger charge is -2.32. The third kappa shape index (κ3) is 4.47. The van der Waals surface area contributed by atoms with Crippen LogP contribution in [0.1, 0.15) is 12.8 Å². The fourth-order valence-corrected chi connectivity index (χ4v) is 2.52. The van der Waals surface area contributed by atoms with Gasteiger partial charge in [0, 0.05) is 45.7 Å². The summed E-state index contributed by atoms with van der Waals surface area (Å²) in [6, 6.07) is 0. The minimum atomic E-state index is -0.170. The maximum absolute atomic E-state index is 11.8. The average Bonchev–Trinajstić information content (AvgIpc) is 2.83. The van der Waals surface area contributed by atoms with Crippen LogP contribution in [0.5, 0.6) is 0 Å². The Balaban J connectivity index is 1.54. The Labute approximate surface area is 114 Å². The third-order valence-electron chi connectivity index (χ3n) is 3.89. The van der Waals surface area contributed by atoms with Gasteiger partial charge in [-0.2, -0.15) is 0 Å². The normalized spacial score (nSPS) is 25.3. The van der Waals surface area contributed by atoms with Crippen LogP contribution < -0.4 is 10.6 Å². The average molecular weight is 268 g/mol. The molecule has 0 aromatic heterocycles. The van der Waals surface area contributed by atoms with Gasteiger partial charge < -0.3 is 20.4 Å². The van der Waals surface area contributed by atoms with Gasteiger partial charge in [0.2, 0.25) is 11.8 Å². The molecule has 0 saturated carbocycles. The van der Waals surface area contributed by atoms with Crippen molar-refractivity contribution in [1.82, 2.24) is 20.4 Å². The van der Waals surface area contributed by atoms with E-state index in [-0.39, 0.29) is 17.7 Å². The number of hydrogen-bond acceptors (Lipinski definition) is 4. The van der Waals surface area contributed by atoms with Gasteiger partial charge in [0.15, 0.2) is 0 Å². The molecule has 0 aromatic rings. The summed E-state index contributed by atoms with van der Waals surface area (Å²) in [5.74, 6) is -0.176. The zero-order valence-electron chi connectivity index (χ0n) is 11.7. The first-order valence-electron chi connectivity index (χ1n) is 7.10. The second kappa shape index (κ2) is 6.86. The molecule has 0 radical (unpaired) electrons. The highest BCUT2D eigenvalue weighted by Crippen LogP contribution is 2.08. The summed E-state index contributed by atoms with van der Waals surface area (Å²) >= 11 is 0. The van der Waals surface area contributed by atoms with Gasteiger partial charge in [-0.05, 0) is 20.0 Å². The van der Waals surface area contributed by atoms with Crippen molar-refractivity contribution in [1.29, 1.82) is 0 Å². The van der Waals surface area contributed by atoms with Crippen LogP contribution >= 0.6 is 0 Å². The van der Waals surface area contributed by atoms with Crippen LogP contribution in [0.2, 0.25) is 0 Å². The van der Waals surface area contributed by atoms with Crippen LogP contribution in [0.3, 0.4) is 0 Å². The van der Waals surface area contributed by atoms with Crippen molar-refractivity contribution < 1.29 is 9.59 Å². The van der Waals surface area contributed by atoms with Crippen molar-refractivity contribution in [2.75, 3.05) is 52.9 Å². The number of carbonyl (C=O) groups excluding carboxylic acids is 2. The predicted octanol–water partition coefficient (Wildman–Crippen LogP) is -1.12. The van der Waals surface area contributed by atoms with E-state index in [2.05, 4.69) is 27.5 Å². The van der Waals surface area contributed by atoms with Gasteiger partial charge >= 0.3 is 0 Å². The second-order valence-corrected chi connectivity index (χ2v) is 5.49. The summed E-state index contributed by atoms with van der Waals surface area (Å²) in [4.78, 5) is 27.6. The monoisotopic (exact) mass is 268 g/mol. The van der Waals surface area contributed by atoms with E-state index in [1.165, 1.54) is 0 Å². The van der Waals surface area contributed by atoms with E-state index in [4.69, 9.17) is 0 Å². The molecule has 2 N–H and O–H groups in total. The number of hydrogen-bond donors (Lipinski definition) is 2. The Morgan fingerprint density at radius 1 is 1.37 bits per heavy atom. The molecule has 0 spiro atoms. The summed E-state index contributed by atoms with van der Waals surface area (Å²) in [5.41, 5.74) is 0. The van der Waals surface area contributed by atoms with Crippen LogP contribution in [-0.4, -0.2) is 74.5 Å². The number of amides is 2. The lowest BCUT2D eigenvalue weighted by Crippen LogP contribution is -2.45. The summed E-state index contributed by atoms with van der Waals surface area (Å²) in [6.45, 7) is 6.72. The molecule has 2 aliphatic heterocycles. The maximum Gasteiger partial charge on any atom is 0.225 e. The molecular formula is C13H24N4O2. The van der Waals surface area contributed by atoms with Gasteiger partial charge in [-0.15, -0.1) is 0 Å². The molecular weight excluding hydrogens is 244 g/mol. The highest BCUT2D eigenvalue weighted by Gasteiger charge is 2.27. The zero-order chi connectivity index (χ0) is 13.7. The molecule has 6 nitrogen and oxygen atoms in total. The number of nitrogens with zero attached hydrogens (tertiary/aromatic N) is 2. The van der Waals surface area contributed by atoms with Gasteiger partial charge in [0.05, 0.1) is 5.92 Å². The van der Waals surface area contributed by atoms with Gasteiger partial charge in [-0.1, -0.05) is 0 Å². The molecule has 1 atom stereocenters. The van der Waals surface area contributed by atoms with Gasteiger partial charge in [0.1, 0.15) is 0 Å².